The first kappa shape index (κ1) is 10.1. The highest BCUT2D eigenvalue weighted by atomic mass is 16.3. The maximum Gasteiger partial charge on any atom is 0.152 e. The second-order valence-electron chi connectivity index (χ2n) is 2.78. The molecule has 11 heavy (non-hydrogen) atoms. The molecule has 1 atom stereocenters. The van der Waals surface area contributed by atoms with Gasteiger partial charge < -0.3 is 5.11 Å². The van der Waals surface area contributed by atoms with Gasteiger partial charge in [-0.1, -0.05) is 12.2 Å². The Kier molecular flexibility index (Phi) is 3.76. The van der Waals surface area contributed by atoms with Crippen LogP contribution in [-0.4, -0.2) is 16.5 Å². The topological polar surface area (TPSA) is 37.3 Å². The van der Waals surface area contributed by atoms with E-state index < -0.39 is 5.60 Å². The average molecular weight is 154 g/mol. The molecule has 62 valence electrons. The molecule has 0 bridgehead atoms. The van der Waals surface area contributed by atoms with Crippen molar-refractivity contribution in [2.24, 2.45) is 0 Å². The molecule has 0 rings (SSSR count). The van der Waals surface area contributed by atoms with Crippen molar-refractivity contribution in [3.63, 3.8) is 0 Å². The van der Waals surface area contributed by atoms with Crippen LogP contribution in [0.5, 0.6) is 0 Å². The van der Waals surface area contributed by atoms with Crippen LogP contribution in [0.2, 0.25) is 0 Å². The minimum Gasteiger partial charge on any atom is -0.386 e. The van der Waals surface area contributed by atoms with Crippen LogP contribution in [0.25, 0.3) is 0 Å². The molecule has 0 saturated heterocycles. The van der Waals surface area contributed by atoms with Gasteiger partial charge in [0.15, 0.2) is 5.78 Å². The zero-order valence-electron chi connectivity index (χ0n) is 7.00. The number of carbonyl (C=O) groups excluding carboxylic acids is 1. The van der Waals surface area contributed by atoms with Crippen molar-refractivity contribution >= 4 is 5.78 Å². The highest BCUT2D eigenvalue weighted by Crippen LogP contribution is 2.10. The zero-order valence-corrected chi connectivity index (χ0v) is 7.00. The molecule has 0 fully saturated rings. The molecule has 1 N–H and O–H groups in total. The standard InChI is InChI=1S/C9H14O2/c1-4-9(3,11)7-5-6-8(2)10/h4-6,11H,1,7H2,2-3H3. The van der Waals surface area contributed by atoms with Gasteiger partial charge in [-0.05, 0) is 26.3 Å². The SMILES string of the molecule is C=CC(C)(O)CC=CC(C)=O. The summed E-state index contributed by atoms with van der Waals surface area (Å²) in [5, 5.41) is 9.36. The first-order chi connectivity index (χ1) is 4.98. The summed E-state index contributed by atoms with van der Waals surface area (Å²) in [6.07, 6.45) is 4.97. The molecule has 0 aromatic heterocycles. The van der Waals surface area contributed by atoms with E-state index in [2.05, 4.69) is 6.58 Å². The lowest BCUT2D eigenvalue weighted by Crippen LogP contribution is -2.18. The lowest BCUT2D eigenvalue weighted by Gasteiger charge is -2.14. The van der Waals surface area contributed by atoms with Crippen LogP contribution < -0.4 is 0 Å². The number of hydrogen-bond donors (Lipinski definition) is 1. The van der Waals surface area contributed by atoms with Crippen molar-refractivity contribution in [3.8, 4) is 0 Å². The highest BCUT2D eigenvalue weighted by molar-refractivity contribution is 5.87. The minimum absolute atomic E-state index is 0.00939. The molecule has 0 saturated carbocycles. The molecule has 0 heterocycles. The summed E-state index contributed by atoms with van der Waals surface area (Å²) < 4.78 is 0. The first-order valence-corrected chi connectivity index (χ1v) is 3.51. The van der Waals surface area contributed by atoms with Crippen molar-refractivity contribution < 1.29 is 9.90 Å². The number of carbonyl (C=O) groups is 1. The van der Waals surface area contributed by atoms with Crippen molar-refractivity contribution in [1.82, 2.24) is 0 Å². The van der Waals surface area contributed by atoms with Crippen molar-refractivity contribution in [2.45, 2.75) is 25.9 Å². The Hall–Kier alpha value is -0.890. The van der Waals surface area contributed by atoms with E-state index in [-0.39, 0.29) is 5.78 Å². The van der Waals surface area contributed by atoms with E-state index in [1.54, 1.807) is 13.0 Å². The Morgan fingerprint density at radius 3 is 2.64 bits per heavy atom. The van der Waals surface area contributed by atoms with Gasteiger partial charge in [0, 0.05) is 0 Å². The van der Waals surface area contributed by atoms with Crippen molar-refractivity contribution in [2.75, 3.05) is 0 Å². The molecule has 0 aliphatic heterocycles. The second-order valence-corrected chi connectivity index (χ2v) is 2.78. The van der Waals surface area contributed by atoms with Crippen molar-refractivity contribution in [1.29, 1.82) is 0 Å². The number of ketones is 1. The number of allylic oxidation sites excluding steroid dienone is 1. The van der Waals surface area contributed by atoms with E-state index in [0.717, 1.165) is 0 Å². The maximum atomic E-state index is 10.4. The third kappa shape index (κ3) is 5.55. The quantitative estimate of drug-likeness (QED) is 0.491. The molecule has 0 spiro atoms. The minimum atomic E-state index is -0.897. The van der Waals surface area contributed by atoms with E-state index in [9.17, 15) is 9.90 Å². The van der Waals surface area contributed by atoms with Gasteiger partial charge in [0.05, 0.1) is 5.60 Å². The molecule has 0 aliphatic rings. The van der Waals surface area contributed by atoms with Gasteiger partial charge in [0.1, 0.15) is 0 Å². The predicted octanol–water partition coefficient (Wildman–Crippen LogP) is 1.46. The molecular formula is C9H14O2. The van der Waals surface area contributed by atoms with Crippen LogP contribution in [0, 0.1) is 0 Å². The largest absolute Gasteiger partial charge is 0.386 e. The smallest absolute Gasteiger partial charge is 0.152 e. The average Bonchev–Trinajstić information content (AvgIpc) is 1.87. The fraction of sp³-hybridized carbons (Fsp3) is 0.444. The molecule has 0 aromatic carbocycles. The summed E-state index contributed by atoms with van der Waals surface area (Å²) in [5.74, 6) is -0.00939. The Bertz CT molecular complexity index is 178. The van der Waals surface area contributed by atoms with Crippen LogP contribution in [0.3, 0.4) is 0 Å². The summed E-state index contributed by atoms with van der Waals surface area (Å²) >= 11 is 0. The van der Waals surface area contributed by atoms with Crippen LogP contribution in [0.15, 0.2) is 24.8 Å². The summed E-state index contributed by atoms with van der Waals surface area (Å²) in [5.41, 5.74) is -0.897. The van der Waals surface area contributed by atoms with E-state index >= 15 is 0 Å². The zero-order chi connectivity index (χ0) is 8.91. The first-order valence-electron chi connectivity index (χ1n) is 3.51. The fourth-order valence-corrected chi connectivity index (χ4v) is 0.547. The molecule has 2 nitrogen and oxygen atoms in total. The van der Waals surface area contributed by atoms with Crippen molar-refractivity contribution in [3.05, 3.63) is 24.8 Å². The van der Waals surface area contributed by atoms with Crippen LogP contribution >= 0.6 is 0 Å². The Morgan fingerprint density at radius 1 is 1.73 bits per heavy atom. The molecule has 0 aliphatic carbocycles. The molecule has 0 aromatic rings. The monoisotopic (exact) mass is 154 g/mol. The second kappa shape index (κ2) is 4.09. The summed E-state index contributed by atoms with van der Waals surface area (Å²) in [6, 6.07) is 0. The van der Waals surface area contributed by atoms with E-state index in [4.69, 9.17) is 0 Å². The lowest BCUT2D eigenvalue weighted by molar-refractivity contribution is -0.112. The predicted molar refractivity (Wildman–Crippen MR) is 45.3 cm³/mol. The summed E-state index contributed by atoms with van der Waals surface area (Å²) in [6.45, 7) is 6.58. The highest BCUT2D eigenvalue weighted by Gasteiger charge is 2.11. The number of hydrogen-bond acceptors (Lipinski definition) is 2. The van der Waals surface area contributed by atoms with Crippen LogP contribution in [-0.2, 0) is 4.79 Å². The van der Waals surface area contributed by atoms with E-state index in [1.165, 1.54) is 19.1 Å². The van der Waals surface area contributed by atoms with Gasteiger partial charge in [-0.25, -0.2) is 0 Å². The number of aliphatic hydroxyl groups is 1. The Labute approximate surface area is 67.2 Å². The van der Waals surface area contributed by atoms with Gasteiger partial charge >= 0.3 is 0 Å². The fourth-order valence-electron chi connectivity index (χ4n) is 0.547. The van der Waals surface area contributed by atoms with Crippen LogP contribution in [0.1, 0.15) is 20.3 Å². The van der Waals surface area contributed by atoms with E-state index in [0.29, 0.717) is 6.42 Å². The van der Waals surface area contributed by atoms with E-state index in [1.807, 2.05) is 0 Å². The van der Waals surface area contributed by atoms with Gasteiger partial charge in [0.2, 0.25) is 0 Å². The van der Waals surface area contributed by atoms with Gasteiger partial charge in [-0.2, -0.15) is 0 Å². The van der Waals surface area contributed by atoms with Gasteiger partial charge in [-0.15, -0.1) is 6.58 Å². The molecule has 0 amide bonds. The lowest BCUT2D eigenvalue weighted by atomic mass is 10.0. The van der Waals surface area contributed by atoms with Crippen LogP contribution in [0.4, 0.5) is 0 Å². The maximum absolute atomic E-state index is 10.4. The Morgan fingerprint density at radius 2 is 2.27 bits per heavy atom. The molecular weight excluding hydrogens is 140 g/mol. The molecule has 0 radical (unpaired) electrons. The number of rotatable bonds is 4. The molecule has 1 unspecified atom stereocenters. The Balaban J connectivity index is 3.87. The van der Waals surface area contributed by atoms with Gasteiger partial charge in [-0.3, -0.25) is 4.79 Å². The summed E-state index contributed by atoms with van der Waals surface area (Å²) in [7, 11) is 0. The normalized spacial score (nSPS) is 16.3. The molecule has 2 heteroatoms. The van der Waals surface area contributed by atoms with Gasteiger partial charge in [0.25, 0.3) is 0 Å². The summed E-state index contributed by atoms with van der Waals surface area (Å²) in [4.78, 5) is 10.4. The third-order valence-corrected chi connectivity index (χ3v) is 1.32. The third-order valence-electron chi connectivity index (χ3n) is 1.32.